The molecule has 2 saturated heterocycles. The van der Waals surface area contributed by atoms with Gasteiger partial charge >= 0.3 is 0 Å². The fourth-order valence-corrected chi connectivity index (χ4v) is 5.46. The average Bonchev–Trinajstić information content (AvgIpc) is 3.39. The van der Waals surface area contributed by atoms with Crippen LogP contribution in [-0.2, 0) is 4.79 Å². The number of hydrogen-bond acceptors (Lipinski definition) is 7. The van der Waals surface area contributed by atoms with E-state index in [2.05, 4.69) is 38.6 Å². The lowest BCUT2D eigenvalue weighted by molar-refractivity contribution is -0.127. The molecule has 3 unspecified atom stereocenters. The average molecular weight is 543 g/mol. The summed E-state index contributed by atoms with van der Waals surface area (Å²) in [7, 11) is 5.37. The maximum absolute atomic E-state index is 14.8. The molecule has 3 aliphatic heterocycles. The highest BCUT2D eigenvalue weighted by atomic mass is 19.1. The standard InChI is InChI=1S/C27H33FN4O3.2C2H6.H2/c1-29-8-9-35-19-6-4-17(5-7-19)23-11-25(20-10-22(28)27(34-3)12-24(20)30-23)32-14-18-13-31(2)16-26(33)21(18)15-32;2*1-2;/h4-7,10-12,18,21,23,29-30H,8-9,13-16H2,1-3H3;2*1-2H3;1H. The van der Waals surface area contributed by atoms with E-state index in [0.29, 0.717) is 25.5 Å². The fourth-order valence-electron chi connectivity index (χ4n) is 5.46. The van der Waals surface area contributed by atoms with Crippen LogP contribution in [0.4, 0.5) is 10.1 Å². The number of rotatable bonds is 7. The number of nitrogens with zero attached hydrogens (tertiary/aromatic N) is 2. The number of benzene rings is 2. The number of likely N-dealkylation sites (tertiary alicyclic amines) is 2. The highest BCUT2D eigenvalue weighted by Crippen LogP contribution is 2.43. The van der Waals surface area contributed by atoms with Gasteiger partial charge in [-0.2, -0.15) is 0 Å². The minimum atomic E-state index is -0.395. The SMILES string of the molecule is CC.CC.CNCCOc1ccc(C2C=C(N3CC4CN(C)CC(=O)C4C3)c3cc(F)c(OC)cc3N2)cc1.[HH]. The number of anilines is 1. The van der Waals surface area contributed by atoms with Crippen molar-refractivity contribution in [3.8, 4) is 11.5 Å². The molecule has 39 heavy (non-hydrogen) atoms. The third kappa shape index (κ3) is 6.92. The Morgan fingerprint density at radius 3 is 2.49 bits per heavy atom. The molecule has 0 aromatic heterocycles. The highest BCUT2D eigenvalue weighted by molar-refractivity contribution is 5.86. The molecule has 0 aliphatic carbocycles. The van der Waals surface area contributed by atoms with E-state index in [-0.39, 0.29) is 25.1 Å². The molecule has 3 heterocycles. The first-order chi connectivity index (χ1) is 19.0. The van der Waals surface area contributed by atoms with Gasteiger partial charge in [-0.3, -0.25) is 9.69 Å². The zero-order valence-corrected chi connectivity index (χ0v) is 24.5. The Kier molecular flexibility index (Phi) is 11.2. The van der Waals surface area contributed by atoms with E-state index in [1.807, 2.05) is 53.9 Å². The van der Waals surface area contributed by atoms with E-state index in [1.165, 1.54) is 13.2 Å². The van der Waals surface area contributed by atoms with Gasteiger partial charge in [0.2, 0.25) is 0 Å². The van der Waals surface area contributed by atoms with Crippen molar-refractivity contribution in [1.82, 2.24) is 15.1 Å². The number of likely N-dealkylation sites (N-methyl/N-ethyl adjacent to an activating group) is 2. The summed E-state index contributed by atoms with van der Waals surface area (Å²) in [6.45, 7) is 12.2. The summed E-state index contributed by atoms with van der Waals surface area (Å²) >= 11 is 0. The van der Waals surface area contributed by atoms with E-state index in [1.54, 1.807) is 6.07 Å². The van der Waals surface area contributed by atoms with Crippen LogP contribution in [0.5, 0.6) is 11.5 Å². The molecule has 3 aliphatic rings. The van der Waals surface area contributed by atoms with Gasteiger partial charge in [0.1, 0.15) is 12.4 Å². The van der Waals surface area contributed by atoms with E-state index in [0.717, 1.165) is 47.9 Å². The summed E-state index contributed by atoms with van der Waals surface area (Å²) in [5, 5.41) is 6.61. The lowest BCUT2D eigenvalue weighted by Gasteiger charge is -2.32. The Balaban J connectivity index is 0.00000107. The van der Waals surface area contributed by atoms with Crippen molar-refractivity contribution in [2.45, 2.75) is 33.7 Å². The number of Topliss-reactive ketones (excluding diaryl/α,β-unsaturated/α-hetero) is 1. The zero-order chi connectivity index (χ0) is 28.5. The van der Waals surface area contributed by atoms with Gasteiger partial charge in [-0.25, -0.2) is 4.39 Å². The molecule has 2 fully saturated rings. The summed E-state index contributed by atoms with van der Waals surface area (Å²) in [4.78, 5) is 17.1. The molecule has 0 amide bonds. The molecule has 2 N–H and O–H groups in total. The lowest BCUT2D eigenvalue weighted by Crippen LogP contribution is -2.44. The van der Waals surface area contributed by atoms with Gasteiger partial charge in [0.25, 0.3) is 0 Å². The maximum Gasteiger partial charge on any atom is 0.165 e. The van der Waals surface area contributed by atoms with Crippen molar-refractivity contribution < 1.29 is 20.1 Å². The van der Waals surface area contributed by atoms with Crippen LogP contribution in [0.2, 0.25) is 0 Å². The van der Waals surface area contributed by atoms with Crippen molar-refractivity contribution >= 4 is 17.2 Å². The number of fused-ring (bicyclic) bond motifs is 2. The molecule has 5 rings (SSSR count). The number of methoxy groups -OCH3 is 1. The molecule has 7 nitrogen and oxygen atoms in total. The van der Waals surface area contributed by atoms with Crippen molar-refractivity contribution in [2.24, 2.45) is 11.8 Å². The van der Waals surface area contributed by atoms with Crippen molar-refractivity contribution in [3.63, 3.8) is 0 Å². The summed E-state index contributed by atoms with van der Waals surface area (Å²) < 4.78 is 25.8. The summed E-state index contributed by atoms with van der Waals surface area (Å²) in [5.41, 5.74) is 3.65. The molecule has 0 spiro atoms. The molecule has 8 heteroatoms. The van der Waals surface area contributed by atoms with Gasteiger partial charge in [-0.1, -0.05) is 39.8 Å². The Bertz CT molecular complexity index is 1130. The normalized spacial score (nSPS) is 21.7. The van der Waals surface area contributed by atoms with E-state index < -0.39 is 5.82 Å². The number of ketones is 1. The van der Waals surface area contributed by atoms with Crippen molar-refractivity contribution in [2.75, 3.05) is 65.9 Å². The minimum absolute atomic E-state index is 0. The summed E-state index contributed by atoms with van der Waals surface area (Å²) in [6.07, 6.45) is 2.15. The van der Waals surface area contributed by atoms with E-state index in [4.69, 9.17) is 9.47 Å². The van der Waals surface area contributed by atoms with E-state index in [9.17, 15) is 9.18 Å². The smallest absolute Gasteiger partial charge is 0.165 e. The summed E-state index contributed by atoms with van der Waals surface area (Å²) in [5.74, 6) is 1.24. The van der Waals surface area contributed by atoms with Gasteiger partial charge in [0, 0.05) is 62.5 Å². The molecular weight excluding hydrogens is 495 g/mol. The van der Waals surface area contributed by atoms with Crippen LogP contribution >= 0.6 is 0 Å². The number of carbonyl (C=O) groups is 1. The monoisotopic (exact) mass is 542 g/mol. The van der Waals surface area contributed by atoms with Crippen LogP contribution in [-0.4, -0.2) is 76.1 Å². The molecule has 0 bridgehead atoms. The fraction of sp³-hybridized carbons (Fsp3) is 0.516. The van der Waals surface area contributed by atoms with Crippen LogP contribution < -0.4 is 20.1 Å². The number of ether oxygens (including phenoxy) is 2. The van der Waals surface area contributed by atoms with Gasteiger partial charge in [0.15, 0.2) is 17.3 Å². The number of halogens is 1. The number of hydrogen-bond donors (Lipinski definition) is 2. The van der Waals surface area contributed by atoms with Crippen LogP contribution in [0.15, 0.2) is 42.5 Å². The van der Waals surface area contributed by atoms with Crippen molar-refractivity contribution in [3.05, 3.63) is 59.4 Å². The van der Waals surface area contributed by atoms with Gasteiger partial charge < -0.3 is 25.0 Å². The van der Waals surface area contributed by atoms with E-state index >= 15 is 0 Å². The maximum atomic E-state index is 14.8. The van der Waals surface area contributed by atoms with Crippen LogP contribution in [0, 0.1) is 17.7 Å². The molecule has 2 aromatic carbocycles. The van der Waals surface area contributed by atoms with Crippen LogP contribution in [0.3, 0.4) is 0 Å². The predicted molar refractivity (Wildman–Crippen MR) is 159 cm³/mol. The Morgan fingerprint density at radius 2 is 1.82 bits per heavy atom. The quantitative estimate of drug-likeness (QED) is 0.460. The zero-order valence-electron chi connectivity index (χ0n) is 24.5. The Morgan fingerprint density at radius 1 is 1.10 bits per heavy atom. The summed E-state index contributed by atoms with van der Waals surface area (Å²) in [6, 6.07) is 11.2. The number of piperidine rings is 1. The molecule has 2 aromatic rings. The molecule has 0 saturated carbocycles. The first-order valence-corrected chi connectivity index (χ1v) is 14.2. The first kappa shape index (κ1) is 30.4. The van der Waals surface area contributed by atoms with Gasteiger partial charge in [0.05, 0.1) is 19.7 Å². The third-order valence-corrected chi connectivity index (χ3v) is 7.23. The largest absolute Gasteiger partial charge is 0.494 e. The van der Waals surface area contributed by atoms with Gasteiger partial charge in [-0.15, -0.1) is 0 Å². The number of nitrogens with one attached hydrogen (secondary N) is 2. The second-order valence-electron chi connectivity index (χ2n) is 9.66. The van der Waals surface area contributed by atoms with Crippen molar-refractivity contribution in [1.29, 1.82) is 0 Å². The lowest BCUT2D eigenvalue weighted by atomic mass is 9.88. The molecule has 216 valence electrons. The van der Waals surface area contributed by atoms with Crippen LogP contribution in [0.25, 0.3) is 5.70 Å². The second kappa shape index (κ2) is 14.3. The molecular formula is C31H47FN4O3. The second-order valence-corrected chi connectivity index (χ2v) is 9.66. The molecule has 0 radical (unpaired) electrons. The minimum Gasteiger partial charge on any atom is -0.494 e. The predicted octanol–water partition coefficient (Wildman–Crippen LogP) is 5.30. The third-order valence-electron chi connectivity index (χ3n) is 7.23. The Labute approximate surface area is 234 Å². The van der Waals surface area contributed by atoms with Crippen LogP contribution in [0.1, 0.15) is 46.3 Å². The number of carbonyl (C=O) groups excluding carboxylic acids is 1. The Hall–Kier alpha value is -3.10. The van der Waals surface area contributed by atoms with Gasteiger partial charge in [-0.05, 0) is 43.9 Å². The first-order valence-electron chi connectivity index (χ1n) is 14.2. The molecule has 3 atom stereocenters. The topological polar surface area (TPSA) is 66.1 Å². The highest BCUT2D eigenvalue weighted by Gasteiger charge is 2.42.